The zero-order valence-electron chi connectivity index (χ0n) is 17.8. The summed E-state index contributed by atoms with van der Waals surface area (Å²) in [6.07, 6.45) is -4.04. The Bertz CT molecular complexity index is 1000. The van der Waals surface area contributed by atoms with E-state index in [1.165, 1.54) is 50.2 Å². The van der Waals surface area contributed by atoms with Crippen LogP contribution in [-0.4, -0.2) is 49.3 Å². The van der Waals surface area contributed by atoms with Crippen LogP contribution in [0.25, 0.3) is 0 Å². The molecule has 0 aliphatic rings. The highest BCUT2D eigenvalue weighted by atomic mass is 35.5. The number of ether oxygens (including phenoxy) is 4. The number of hydrogen-bond acceptors (Lipinski definition) is 8. The molecule has 2 atom stereocenters. The summed E-state index contributed by atoms with van der Waals surface area (Å²) in [6, 6.07) is 7.82. The van der Waals surface area contributed by atoms with E-state index in [-0.39, 0.29) is 44.4 Å². The standard InChI is InChI=1S/C22H18Cl4O8/c1-3-31-21(29)17(33-19(27)13-7-5-11(23)9-15(13)25)18(22(30)32-4-2)34-20(28)14-8-6-12(24)10-16(14)26/h5-10,17-18H,3-4H2,1-2H3/t17-,18-/m0/s1. The van der Waals surface area contributed by atoms with E-state index in [2.05, 4.69) is 0 Å². The van der Waals surface area contributed by atoms with E-state index in [0.717, 1.165) is 0 Å². The van der Waals surface area contributed by atoms with E-state index in [1.54, 1.807) is 0 Å². The van der Waals surface area contributed by atoms with Crippen molar-refractivity contribution in [2.45, 2.75) is 26.1 Å². The van der Waals surface area contributed by atoms with Crippen LogP contribution in [-0.2, 0) is 28.5 Å². The van der Waals surface area contributed by atoms with Crippen LogP contribution in [0.5, 0.6) is 0 Å². The van der Waals surface area contributed by atoms with Crippen molar-refractivity contribution in [2.75, 3.05) is 13.2 Å². The molecule has 182 valence electrons. The minimum absolute atomic E-state index is 0.0715. The summed E-state index contributed by atoms with van der Waals surface area (Å²) < 4.78 is 20.3. The summed E-state index contributed by atoms with van der Waals surface area (Å²) in [5.41, 5.74) is -0.315. The average molecular weight is 552 g/mol. The fourth-order valence-corrected chi connectivity index (χ4v) is 3.55. The van der Waals surface area contributed by atoms with Crippen molar-refractivity contribution < 1.29 is 38.1 Å². The lowest BCUT2D eigenvalue weighted by atomic mass is 10.1. The van der Waals surface area contributed by atoms with Gasteiger partial charge < -0.3 is 18.9 Å². The maximum atomic E-state index is 12.7. The second-order valence-corrected chi connectivity index (χ2v) is 8.09. The predicted molar refractivity (Wildman–Crippen MR) is 125 cm³/mol. The topological polar surface area (TPSA) is 105 Å². The van der Waals surface area contributed by atoms with Crippen molar-refractivity contribution >= 4 is 70.3 Å². The molecule has 0 spiro atoms. The molecule has 0 N–H and O–H groups in total. The second-order valence-electron chi connectivity index (χ2n) is 6.40. The molecule has 0 fully saturated rings. The number of halogens is 4. The molecule has 34 heavy (non-hydrogen) atoms. The summed E-state index contributed by atoms with van der Waals surface area (Å²) in [6.45, 7) is 2.74. The Hall–Kier alpha value is -2.52. The van der Waals surface area contributed by atoms with Crippen molar-refractivity contribution in [3.63, 3.8) is 0 Å². The molecule has 0 aliphatic carbocycles. The Balaban J connectivity index is 2.43. The van der Waals surface area contributed by atoms with Crippen LogP contribution in [0, 0.1) is 0 Å². The highest BCUT2D eigenvalue weighted by Gasteiger charge is 2.43. The highest BCUT2D eigenvalue weighted by molar-refractivity contribution is 6.37. The Morgan fingerprint density at radius 2 is 1.03 bits per heavy atom. The van der Waals surface area contributed by atoms with Gasteiger partial charge >= 0.3 is 23.9 Å². The van der Waals surface area contributed by atoms with Crippen LogP contribution >= 0.6 is 46.4 Å². The van der Waals surface area contributed by atoms with E-state index < -0.39 is 36.1 Å². The number of hydrogen-bond donors (Lipinski definition) is 0. The van der Waals surface area contributed by atoms with Crippen molar-refractivity contribution in [3.05, 3.63) is 67.6 Å². The van der Waals surface area contributed by atoms with Crippen LogP contribution in [0.15, 0.2) is 36.4 Å². The zero-order chi connectivity index (χ0) is 25.4. The number of rotatable bonds is 9. The van der Waals surface area contributed by atoms with Crippen molar-refractivity contribution in [1.82, 2.24) is 0 Å². The summed E-state index contributed by atoms with van der Waals surface area (Å²) >= 11 is 23.7. The lowest BCUT2D eigenvalue weighted by molar-refractivity contribution is -0.173. The summed E-state index contributed by atoms with van der Waals surface area (Å²) in [7, 11) is 0. The molecule has 0 saturated heterocycles. The first kappa shape index (κ1) is 27.7. The maximum Gasteiger partial charge on any atom is 0.352 e. The van der Waals surface area contributed by atoms with Gasteiger partial charge in [-0.05, 0) is 50.2 Å². The molecule has 2 aromatic carbocycles. The third-order valence-electron chi connectivity index (χ3n) is 4.08. The minimum Gasteiger partial charge on any atom is -0.463 e. The van der Waals surface area contributed by atoms with Crippen LogP contribution < -0.4 is 0 Å². The van der Waals surface area contributed by atoms with Crippen molar-refractivity contribution in [1.29, 1.82) is 0 Å². The minimum atomic E-state index is -2.02. The van der Waals surface area contributed by atoms with E-state index in [1.807, 2.05) is 0 Å². The summed E-state index contributed by atoms with van der Waals surface area (Å²) in [5, 5.41) is 0.360. The van der Waals surface area contributed by atoms with Gasteiger partial charge in [0.1, 0.15) is 0 Å². The van der Waals surface area contributed by atoms with Gasteiger partial charge in [-0.25, -0.2) is 19.2 Å². The molecule has 0 bridgehead atoms. The molecule has 2 rings (SSSR count). The van der Waals surface area contributed by atoms with Gasteiger partial charge in [0.05, 0.1) is 34.4 Å². The predicted octanol–water partition coefficient (Wildman–Crippen LogP) is 5.18. The Morgan fingerprint density at radius 3 is 1.32 bits per heavy atom. The van der Waals surface area contributed by atoms with Crippen molar-refractivity contribution in [2.24, 2.45) is 0 Å². The first-order chi connectivity index (χ1) is 16.1. The normalized spacial score (nSPS) is 12.3. The first-order valence-electron chi connectivity index (χ1n) is 9.74. The molecule has 0 aliphatic heterocycles. The number of benzene rings is 2. The quantitative estimate of drug-likeness (QED) is 0.310. The molecule has 0 heterocycles. The summed E-state index contributed by atoms with van der Waals surface area (Å²) in [5.74, 6) is -4.52. The van der Waals surface area contributed by atoms with Gasteiger partial charge in [-0.15, -0.1) is 0 Å². The Labute approximate surface area is 214 Å². The molecular formula is C22H18Cl4O8. The fraction of sp³-hybridized carbons (Fsp3) is 0.273. The van der Waals surface area contributed by atoms with E-state index in [0.29, 0.717) is 0 Å². The highest BCUT2D eigenvalue weighted by Crippen LogP contribution is 2.25. The molecule has 2 aromatic rings. The fourth-order valence-electron chi connectivity index (χ4n) is 2.58. The molecule has 8 nitrogen and oxygen atoms in total. The lowest BCUT2D eigenvalue weighted by Crippen LogP contribution is -2.47. The SMILES string of the molecule is CCOC(=O)[C@@H](OC(=O)c1ccc(Cl)cc1Cl)[C@H](OC(=O)c1ccc(Cl)cc1Cl)C(=O)OCC. The average Bonchev–Trinajstić information content (AvgIpc) is 2.76. The van der Waals surface area contributed by atoms with Gasteiger partial charge in [0, 0.05) is 10.0 Å². The first-order valence-corrected chi connectivity index (χ1v) is 11.3. The number of carbonyl (C=O) groups excluding carboxylic acids is 4. The third-order valence-corrected chi connectivity index (χ3v) is 5.18. The molecule has 0 unspecified atom stereocenters. The second kappa shape index (κ2) is 12.8. The Morgan fingerprint density at radius 1 is 0.676 bits per heavy atom. The van der Waals surface area contributed by atoms with Gasteiger partial charge in [-0.3, -0.25) is 0 Å². The van der Waals surface area contributed by atoms with Gasteiger partial charge in [0.15, 0.2) is 0 Å². The van der Waals surface area contributed by atoms with Crippen LogP contribution in [0.1, 0.15) is 34.6 Å². The van der Waals surface area contributed by atoms with Crippen LogP contribution in [0.3, 0.4) is 0 Å². The molecule has 0 amide bonds. The summed E-state index contributed by atoms with van der Waals surface area (Å²) in [4.78, 5) is 50.8. The smallest absolute Gasteiger partial charge is 0.352 e. The van der Waals surface area contributed by atoms with Gasteiger partial charge in [0.2, 0.25) is 12.2 Å². The van der Waals surface area contributed by atoms with Gasteiger partial charge in [0.25, 0.3) is 0 Å². The maximum absolute atomic E-state index is 12.7. The van der Waals surface area contributed by atoms with Crippen LogP contribution in [0.2, 0.25) is 20.1 Å². The molecule has 12 heteroatoms. The third kappa shape index (κ3) is 7.24. The molecule has 0 saturated carbocycles. The van der Waals surface area contributed by atoms with E-state index in [9.17, 15) is 19.2 Å². The van der Waals surface area contributed by atoms with E-state index in [4.69, 9.17) is 65.4 Å². The lowest BCUT2D eigenvalue weighted by Gasteiger charge is -2.24. The van der Waals surface area contributed by atoms with E-state index >= 15 is 0 Å². The monoisotopic (exact) mass is 550 g/mol. The molecule has 0 aromatic heterocycles. The molecular weight excluding hydrogens is 534 g/mol. The van der Waals surface area contributed by atoms with Gasteiger partial charge in [-0.2, -0.15) is 0 Å². The number of carbonyl (C=O) groups is 4. The molecule has 0 radical (unpaired) electrons. The van der Waals surface area contributed by atoms with Crippen LogP contribution in [0.4, 0.5) is 0 Å². The largest absolute Gasteiger partial charge is 0.463 e. The van der Waals surface area contributed by atoms with Gasteiger partial charge in [-0.1, -0.05) is 46.4 Å². The zero-order valence-corrected chi connectivity index (χ0v) is 20.8. The van der Waals surface area contributed by atoms with Crippen molar-refractivity contribution in [3.8, 4) is 0 Å². The Kier molecular flexibility index (Phi) is 10.4. The number of esters is 4.